The standard InChI is InChI=1S/C12H16N2O2S/c1-3-10-12(16)14(8(2)11(15)13-10)7-9-5-4-6-17-9/h4-6,8,10H,3,7H2,1-2H3,(H,13,15). The molecule has 1 aromatic heterocycles. The van der Waals surface area contributed by atoms with Crippen LogP contribution in [0.5, 0.6) is 0 Å². The Balaban J connectivity index is 2.17. The van der Waals surface area contributed by atoms with Crippen LogP contribution in [-0.4, -0.2) is 28.8 Å². The molecule has 1 aliphatic rings. The number of hydrogen-bond donors (Lipinski definition) is 1. The molecule has 2 heterocycles. The first-order chi connectivity index (χ1) is 8.13. The number of nitrogens with one attached hydrogen (secondary N) is 1. The summed E-state index contributed by atoms with van der Waals surface area (Å²) in [6.07, 6.45) is 0.637. The molecule has 1 saturated heterocycles. The Hall–Kier alpha value is -1.36. The van der Waals surface area contributed by atoms with Crippen LogP contribution < -0.4 is 5.32 Å². The van der Waals surface area contributed by atoms with Gasteiger partial charge in [-0.05, 0) is 24.8 Å². The van der Waals surface area contributed by atoms with E-state index in [9.17, 15) is 9.59 Å². The first-order valence-electron chi connectivity index (χ1n) is 5.76. The zero-order valence-corrected chi connectivity index (χ0v) is 10.8. The van der Waals surface area contributed by atoms with Gasteiger partial charge < -0.3 is 10.2 Å². The molecule has 0 spiro atoms. The lowest BCUT2D eigenvalue weighted by Crippen LogP contribution is -2.61. The van der Waals surface area contributed by atoms with Crippen LogP contribution in [0.4, 0.5) is 0 Å². The van der Waals surface area contributed by atoms with Crippen molar-refractivity contribution in [3.05, 3.63) is 22.4 Å². The predicted octanol–water partition coefficient (Wildman–Crippen LogP) is 1.37. The summed E-state index contributed by atoms with van der Waals surface area (Å²) in [6.45, 7) is 4.20. The van der Waals surface area contributed by atoms with Gasteiger partial charge in [0.05, 0.1) is 6.54 Å². The van der Waals surface area contributed by atoms with Crippen molar-refractivity contribution in [3.8, 4) is 0 Å². The minimum atomic E-state index is -0.382. The molecule has 2 rings (SSSR count). The van der Waals surface area contributed by atoms with Crippen LogP contribution in [0.15, 0.2) is 17.5 Å². The third kappa shape index (κ3) is 2.34. The molecule has 1 N–H and O–H groups in total. The molecule has 1 aliphatic heterocycles. The molecule has 5 heteroatoms. The smallest absolute Gasteiger partial charge is 0.246 e. The summed E-state index contributed by atoms with van der Waals surface area (Å²) in [7, 11) is 0. The van der Waals surface area contributed by atoms with Crippen LogP contribution in [0.25, 0.3) is 0 Å². The average Bonchev–Trinajstić information content (AvgIpc) is 2.82. The van der Waals surface area contributed by atoms with E-state index in [4.69, 9.17) is 0 Å². The molecule has 2 amide bonds. The van der Waals surface area contributed by atoms with Crippen LogP contribution in [0.1, 0.15) is 25.1 Å². The van der Waals surface area contributed by atoms with Crippen molar-refractivity contribution in [2.75, 3.05) is 0 Å². The topological polar surface area (TPSA) is 49.4 Å². The number of hydrogen-bond acceptors (Lipinski definition) is 3. The van der Waals surface area contributed by atoms with E-state index in [0.29, 0.717) is 13.0 Å². The quantitative estimate of drug-likeness (QED) is 0.883. The Morgan fingerprint density at radius 2 is 2.24 bits per heavy atom. The highest BCUT2D eigenvalue weighted by molar-refractivity contribution is 7.09. The summed E-state index contributed by atoms with van der Waals surface area (Å²) in [5, 5.41) is 4.73. The Morgan fingerprint density at radius 1 is 1.47 bits per heavy atom. The van der Waals surface area contributed by atoms with Crippen molar-refractivity contribution >= 4 is 23.2 Å². The van der Waals surface area contributed by atoms with Crippen molar-refractivity contribution in [2.24, 2.45) is 0 Å². The normalized spacial score (nSPS) is 24.9. The van der Waals surface area contributed by atoms with E-state index >= 15 is 0 Å². The molecule has 1 fully saturated rings. The molecule has 2 atom stereocenters. The number of nitrogens with zero attached hydrogens (tertiary/aromatic N) is 1. The zero-order chi connectivity index (χ0) is 12.4. The SMILES string of the molecule is CCC1NC(=O)C(C)N(Cc2cccs2)C1=O. The van der Waals surface area contributed by atoms with Gasteiger partial charge in [0.2, 0.25) is 11.8 Å². The van der Waals surface area contributed by atoms with Gasteiger partial charge in [-0.1, -0.05) is 13.0 Å². The molecule has 0 aromatic carbocycles. The number of carbonyl (C=O) groups excluding carboxylic acids is 2. The maximum atomic E-state index is 12.2. The molecule has 0 saturated carbocycles. The summed E-state index contributed by atoms with van der Waals surface area (Å²) in [4.78, 5) is 26.7. The van der Waals surface area contributed by atoms with Crippen molar-refractivity contribution < 1.29 is 9.59 Å². The zero-order valence-electron chi connectivity index (χ0n) is 9.97. The maximum absolute atomic E-state index is 12.2. The number of piperazine rings is 1. The van der Waals surface area contributed by atoms with E-state index in [1.165, 1.54) is 0 Å². The fourth-order valence-electron chi connectivity index (χ4n) is 1.95. The van der Waals surface area contributed by atoms with Crippen molar-refractivity contribution in [1.29, 1.82) is 0 Å². The van der Waals surface area contributed by atoms with Gasteiger partial charge in [0.1, 0.15) is 12.1 Å². The van der Waals surface area contributed by atoms with E-state index in [1.54, 1.807) is 23.2 Å². The Morgan fingerprint density at radius 3 is 2.82 bits per heavy atom. The second-order valence-corrected chi connectivity index (χ2v) is 5.22. The average molecular weight is 252 g/mol. The predicted molar refractivity (Wildman–Crippen MR) is 66.6 cm³/mol. The van der Waals surface area contributed by atoms with E-state index in [2.05, 4.69) is 5.32 Å². The highest BCUT2D eigenvalue weighted by Gasteiger charge is 2.36. The Kier molecular flexibility index (Phi) is 3.47. The number of thiophene rings is 1. The number of amides is 2. The molecule has 17 heavy (non-hydrogen) atoms. The van der Waals surface area contributed by atoms with E-state index < -0.39 is 0 Å². The van der Waals surface area contributed by atoms with E-state index in [0.717, 1.165) is 4.88 Å². The van der Waals surface area contributed by atoms with Gasteiger partial charge in [-0.15, -0.1) is 11.3 Å². The van der Waals surface area contributed by atoms with Gasteiger partial charge in [-0.2, -0.15) is 0 Å². The maximum Gasteiger partial charge on any atom is 0.246 e. The highest BCUT2D eigenvalue weighted by Crippen LogP contribution is 2.18. The van der Waals surface area contributed by atoms with E-state index in [1.807, 2.05) is 24.4 Å². The van der Waals surface area contributed by atoms with Gasteiger partial charge >= 0.3 is 0 Å². The van der Waals surface area contributed by atoms with Crippen molar-refractivity contribution in [3.63, 3.8) is 0 Å². The molecule has 92 valence electrons. The van der Waals surface area contributed by atoms with Crippen molar-refractivity contribution in [1.82, 2.24) is 10.2 Å². The van der Waals surface area contributed by atoms with Crippen LogP contribution in [-0.2, 0) is 16.1 Å². The second-order valence-electron chi connectivity index (χ2n) is 4.19. The molecular weight excluding hydrogens is 236 g/mol. The summed E-state index contributed by atoms with van der Waals surface area (Å²) in [5.74, 6) is -0.0407. The third-order valence-corrected chi connectivity index (χ3v) is 3.92. The fourth-order valence-corrected chi connectivity index (χ4v) is 2.65. The van der Waals surface area contributed by atoms with Crippen molar-refractivity contribution in [2.45, 2.75) is 38.9 Å². The minimum absolute atomic E-state index is 0.0213. The van der Waals surface area contributed by atoms with Crippen LogP contribution in [0.3, 0.4) is 0 Å². The summed E-state index contributed by atoms with van der Waals surface area (Å²) in [6, 6.07) is 3.19. The number of rotatable bonds is 3. The van der Waals surface area contributed by atoms with Gasteiger partial charge in [-0.25, -0.2) is 0 Å². The molecule has 0 radical (unpaired) electrons. The monoisotopic (exact) mass is 252 g/mol. The highest BCUT2D eigenvalue weighted by atomic mass is 32.1. The molecule has 0 bridgehead atoms. The van der Waals surface area contributed by atoms with E-state index in [-0.39, 0.29) is 23.9 Å². The lowest BCUT2D eigenvalue weighted by Gasteiger charge is -2.36. The molecular formula is C12H16N2O2S. The largest absolute Gasteiger partial charge is 0.343 e. The first-order valence-corrected chi connectivity index (χ1v) is 6.64. The van der Waals surface area contributed by atoms with Gasteiger partial charge in [-0.3, -0.25) is 9.59 Å². The lowest BCUT2D eigenvalue weighted by atomic mass is 10.1. The second kappa shape index (κ2) is 4.87. The van der Waals surface area contributed by atoms with Gasteiger partial charge in [0, 0.05) is 4.88 Å². The molecule has 0 aliphatic carbocycles. The number of carbonyl (C=O) groups is 2. The summed E-state index contributed by atoms with van der Waals surface area (Å²) < 4.78 is 0. The first kappa shape index (κ1) is 12.1. The van der Waals surface area contributed by atoms with Gasteiger partial charge in [0.15, 0.2) is 0 Å². The molecule has 2 unspecified atom stereocenters. The summed E-state index contributed by atoms with van der Waals surface area (Å²) in [5.41, 5.74) is 0. The van der Waals surface area contributed by atoms with Gasteiger partial charge in [0.25, 0.3) is 0 Å². The Labute approximate surface area is 105 Å². The van der Waals surface area contributed by atoms with Crippen LogP contribution in [0.2, 0.25) is 0 Å². The van der Waals surface area contributed by atoms with Crippen LogP contribution >= 0.6 is 11.3 Å². The van der Waals surface area contributed by atoms with Crippen LogP contribution in [0, 0.1) is 0 Å². The fraction of sp³-hybridized carbons (Fsp3) is 0.500. The molecule has 4 nitrogen and oxygen atoms in total. The summed E-state index contributed by atoms with van der Waals surface area (Å²) >= 11 is 1.61. The minimum Gasteiger partial charge on any atom is -0.343 e. The third-order valence-electron chi connectivity index (χ3n) is 3.06. The Bertz CT molecular complexity index is 416. The lowest BCUT2D eigenvalue weighted by molar-refractivity contribution is -0.149. The molecule has 1 aromatic rings.